The third kappa shape index (κ3) is 5.11. The molecule has 36 heavy (non-hydrogen) atoms. The highest BCUT2D eigenvalue weighted by atomic mass is 16.5. The largest absolute Gasteiger partial charge is 0.492 e. The average molecular weight is 486 g/mol. The van der Waals surface area contributed by atoms with Crippen LogP contribution in [0, 0.1) is 20.8 Å². The van der Waals surface area contributed by atoms with Gasteiger partial charge in [-0.1, -0.05) is 32.0 Å². The van der Waals surface area contributed by atoms with Gasteiger partial charge in [-0.05, 0) is 80.4 Å². The molecule has 0 fully saturated rings. The molecule has 2 aromatic carbocycles. The Balaban J connectivity index is 1.58. The van der Waals surface area contributed by atoms with Crippen LogP contribution in [0.5, 0.6) is 5.75 Å². The molecule has 4 aromatic rings. The fourth-order valence-corrected chi connectivity index (χ4v) is 4.61. The summed E-state index contributed by atoms with van der Waals surface area (Å²) in [6.45, 7) is 14.0. The van der Waals surface area contributed by atoms with Crippen LogP contribution in [0.3, 0.4) is 0 Å². The van der Waals surface area contributed by atoms with E-state index in [0.29, 0.717) is 23.8 Å². The van der Waals surface area contributed by atoms with Crippen LogP contribution in [0.1, 0.15) is 30.5 Å². The summed E-state index contributed by atoms with van der Waals surface area (Å²) < 4.78 is 7.49. The van der Waals surface area contributed by atoms with E-state index in [4.69, 9.17) is 4.74 Å². The summed E-state index contributed by atoms with van der Waals surface area (Å²) >= 11 is 0. The SMILES string of the molecule is CCN(CC)CCOc1ccc(Nc2ncc3c(C)c(-c4c(C)cccc4C)c(=O)n(C)c3n2)cc1. The van der Waals surface area contributed by atoms with E-state index in [1.54, 1.807) is 17.8 Å². The number of pyridine rings is 1. The zero-order valence-corrected chi connectivity index (χ0v) is 22.1. The van der Waals surface area contributed by atoms with Crippen molar-refractivity contribution in [3.8, 4) is 16.9 Å². The van der Waals surface area contributed by atoms with Crippen molar-refractivity contribution in [3.63, 3.8) is 0 Å². The maximum Gasteiger partial charge on any atom is 0.260 e. The molecule has 0 radical (unpaired) electrons. The maximum atomic E-state index is 13.4. The van der Waals surface area contributed by atoms with Gasteiger partial charge in [-0.2, -0.15) is 4.98 Å². The van der Waals surface area contributed by atoms with Gasteiger partial charge < -0.3 is 15.0 Å². The molecule has 4 rings (SSSR count). The van der Waals surface area contributed by atoms with Crippen molar-refractivity contribution in [3.05, 3.63) is 75.7 Å². The summed E-state index contributed by atoms with van der Waals surface area (Å²) in [4.78, 5) is 25.0. The molecular formula is C29H35N5O2. The molecule has 7 heteroatoms. The smallest absolute Gasteiger partial charge is 0.260 e. The number of ether oxygens (including phenoxy) is 1. The molecule has 0 spiro atoms. The van der Waals surface area contributed by atoms with Crippen molar-refractivity contribution >= 4 is 22.7 Å². The number of nitrogens with one attached hydrogen (secondary N) is 1. The van der Waals surface area contributed by atoms with Gasteiger partial charge in [-0.3, -0.25) is 9.36 Å². The van der Waals surface area contributed by atoms with E-state index >= 15 is 0 Å². The Morgan fingerprint density at radius 1 is 0.972 bits per heavy atom. The van der Waals surface area contributed by atoms with Gasteiger partial charge >= 0.3 is 0 Å². The molecule has 1 N–H and O–H groups in total. The van der Waals surface area contributed by atoms with Crippen LogP contribution >= 0.6 is 0 Å². The molecule has 0 saturated carbocycles. The van der Waals surface area contributed by atoms with Crippen molar-refractivity contribution in [1.82, 2.24) is 19.4 Å². The van der Waals surface area contributed by atoms with Gasteiger partial charge in [0.25, 0.3) is 5.56 Å². The van der Waals surface area contributed by atoms with Gasteiger partial charge in [0.1, 0.15) is 18.0 Å². The fraction of sp³-hybridized carbons (Fsp3) is 0.345. The predicted molar refractivity (Wildman–Crippen MR) is 147 cm³/mol. The van der Waals surface area contributed by atoms with E-state index in [-0.39, 0.29) is 5.56 Å². The number of aryl methyl sites for hydroxylation is 4. The van der Waals surface area contributed by atoms with Crippen molar-refractivity contribution in [2.75, 3.05) is 31.6 Å². The Labute approximate surface area is 212 Å². The molecule has 188 valence electrons. The van der Waals surface area contributed by atoms with Crippen LogP contribution in [0.25, 0.3) is 22.2 Å². The van der Waals surface area contributed by atoms with Gasteiger partial charge in [-0.25, -0.2) is 4.98 Å². The average Bonchev–Trinajstić information content (AvgIpc) is 2.88. The van der Waals surface area contributed by atoms with E-state index in [9.17, 15) is 4.79 Å². The molecule has 2 aromatic heterocycles. The van der Waals surface area contributed by atoms with E-state index in [0.717, 1.165) is 58.7 Å². The van der Waals surface area contributed by atoms with E-state index in [1.807, 2.05) is 63.2 Å². The molecule has 0 aliphatic carbocycles. The summed E-state index contributed by atoms with van der Waals surface area (Å²) in [5, 5.41) is 4.10. The first kappa shape index (κ1) is 25.4. The van der Waals surface area contributed by atoms with Crippen LogP contribution in [-0.2, 0) is 7.05 Å². The van der Waals surface area contributed by atoms with Crippen molar-refractivity contribution < 1.29 is 4.74 Å². The number of hydrogen-bond acceptors (Lipinski definition) is 6. The molecule has 0 aliphatic heterocycles. The van der Waals surface area contributed by atoms with Crippen molar-refractivity contribution in [1.29, 1.82) is 0 Å². The first-order valence-electron chi connectivity index (χ1n) is 12.5. The van der Waals surface area contributed by atoms with Crippen molar-refractivity contribution in [2.45, 2.75) is 34.6 Å². The van der Waals surface area contributed by atoms with Crippen LogP contribution in [0.4, 0.5) is 11.6 Å². The van der Waals surface area contributed by atoms with E-state index < -0.39 is 0 Å². The normalized spacial score (nSPS) is 11.3. The van der Waals surface area contributed by atoms with Gasteiger partial charge in [-0.15, -0.1) is 0 Å². The second-order valence-electron chi connectivity index (χ2n) is 9.09. The minimum absolute atomic E-state index is 0.0618. The number of anilines is 2. The summed E-state index contributed by atoms with van der Waals surface area (Å²) in [5.41, 5.74) is 6.13. The molecular weight excluding hydrogens is 450 g/mol. The Hall–Kier alpha value is -3.71. The van der Waals surface area contributed by atoms with E-state index in [2.05, 4.69) is 34.0 Å². The number of likely N-dealkylation sites (N-methyl/N-ethyl adjacent to an activating group) is 1. The first-order chi connectivity index (χ1) is 17.3. The molecule has 0 saturated heterocycles. The second kappa shape index (κ2) is 10.9. The number of fused-ring (bicyclic) bond motifs is 1. The first-order valence-corrected chi connectivity index (χ1v) is 12.5. The summed E-state index contributed by atoms with van der Waals surface area (Å²) in [7, 11) is 1.77. The van der Waals surface area contributed by atoms with Crippen LogP contribution in [0.15, 0.2) is 53.5 Å². The molecule has 0 aliphatic rings. The topological polar surface area (TPSA) is 72.3 Å². The number of nitrogens with zero attached hydrogens (tertiary/aromatic N) is 4. The van der Waals surface area contributed by atoms with Crippen LogP contribution in [0.2, 0.25) is 0 Å². The minimum Gasteiger partial charge on any atom is -0.492 e. The molecule has 2 heterocycles. The van der Waals surface area contributed by atoms with Gasteiger partial charge in [0, 0.05) is 30.9 Å². The minimum atomic E-state index is -0.0618. The molecule has 7 nitrogen and oxygen atoms in total. The molecule has 0 bridgehead atoms. The van der Waals surface area contributed by atoms with Gasteiger partial charge in [0.05, 0.1) is 5.56 Å². The highest BCUT2D eigenvalue weighted by Crippen LogP contribution is 2.30. The maximum absolute atomic E-state index is 13.4. The quantitative estimate of drug-likeness (QED) is 0.343. The number of benzene rings is 2. The Morgan fingerprint density at radius 2 is 1.64 bits per heavy atom. The lowest BCUT2D eigenvalue weighted by atomic mass is 9.92. The third-order valence-corrected chi connectivity index (χ3v) is 6.80. The lowest BCUT2D eigenvalue weighted by Crippen LogP contribution is -2.27. The van der Waals surface area contributed by atoms with Gasteiger partial charge in [0.2, 0.25) is 5.95 Å². The predicted octanol–water partition coefficient (Wildman–Crippen LogP) is 5.38. The van der Waals surface area contributed by atoms with Crippen molar-refractivity contribution in [2.24, 2.45) is 7.05 Å². The summed E-state index contributed by atoms with van der Waals surface area (Å²) in [6.07, 6.45) is 1.79. The number of rotatable bonds is 9. The molecule has 0 unspecified atom stereocenters. The molecule has 0 amide bonds. The number of aromatic nitrogens is 3. The molecule has 0 atom stereocenters. The lowest BCUT2D eigenvalue weighted by Gasteiger charge is -2.18. The third-order valence-electron chi connectivity index (χ3n) is 6.80. The number of hydrogen-bond donors (Lipinski definition) is 1. The Morgan fingerprint density at radius 3 is 2.28 bits per heavy atom. The Kier molecular flexibility index (Phi) is 7.70. The van der Waals surface area contributed by atoms with Crippen LogP contribution < -0.4 is 15.6 Å². The van der Waals surface area contributed by atoms with Gasteiger partial charge in [0.15, 0.2) is 0 Å². The highest BCUT2D eigenvalue weighted by molar-refractivity contribution is 5.88. The fourth-order valence-electron chi connectivity index (χ4n) is 4.61. The van der Waals surface area contributed by atoms with Crippen LogP contribution in [-0.4, -0.2) is 45.7 Å². The second-order valence-corrected chi connectivity index (χ2v) is 9.09. The zero-order chi connectivity index (χ0) is 25.8. The summed E-state index contributed by atoms with van der Waals surface area (Å²) in [6, 6.07) is 13.8. The lowest BCUT2D eigenvalue weighted by molar-refractivity contribution is 0.223. The highest BCUT2D eigenvalue weighted by Gasteiger charge is 2.18. The monoisotopic (exact) mass is 485 g/mol. The standard InChI is InChI=1S/C29H35N5O2/c1-7-34(8-2)16-17-36-23-14-12-22(13-15-23)31-29-30-18-24-21(5)26(28(35)33(6)27(24)32-29)25-19(3)10-9-11-20(25)4/h9-15,18H,7-8,16-17H2,1-6H3,(H,30,31,32). The Bertz CT molecular complexity index is 1400. The summed E-state index contributed by atoms with van der Waals surface area (Å²) in [5.74, 6) is 1.26. The zero-order valence-electron chi connectivity index (χ0n) is 22.1. The van der Waals surface area contributed by atoms with E-state index in [1.165, 1.54) is 0 Å².